The lowest BCUT2D eigenvalue weighted by molar-refractivity contribution is -0.0498. The Labute approximate surface area is 150 Å². The van der Waals surface area contributed by atoms with E-state index in [1.807, 2.05) is 0 Å². The lowest BCUT2D eigenvalue weighted by Gasteiger charge is -2.12. The molecule has 0 saturated carbocycles. The Morgan fingerprint density at radius 2 is 2.08 bits per heavy atom. The first kappa shape index (κ1) is 17.4. The largest absolute Gasteiger partial charge is 0.433 e. The Balaban J connectivity index is 2.31. The van der Waals surface area contributed by atoms with Gasteiger partial charge in [0.25, 0.3) is 5.91 Å². The van der Waals surface area contributed by atoms with Crippen molar-refractivity contribution >= 4 is 40.0 Å². The molecular formula is C15H10Cl2F2N4O2. The van der Waals surface area contributed by atoms with Crippen LogP contribution >= 0.6 is 23.2 Å². The van der Waals surface area contributed by atoms with E-state index in [9.17, 15) is 13.6 Å². The van der Waals surface area contributed by atoms with Crippen molar-refractivity contribution < 1.29 is 18.3 Å². The molecule has 3 rings (SSSR count). The van der Waals surface area contributed by atoms with Gasteiger partial charge in [-0.25, -0.2) is 9.67 Å². The van der Waals surface area contributed by atoms with Gasteiger partial charge >= 0.3 is 6.61 Å². The minimum Gasteiger partial charge on any atom is -0.433 e. The number of pyridine rings is 1. The van der Waals surface area contributed by atoms with Crippen molar-refractivity contribution in [3.8, 4) is 11.4 Å². The molecule has 6 nitrogen and oxygen atoms in total. The SMILES string of the molecule is CNC(=O)c1nn(-c2cc(Cl)ccc2OC(F)F)c2cc(Cl)ncc12. The third kappa shape index (κ3) is 3.35. The molecule has 130 valence electrons. The van der Waals surface area contributed by atoms with Gasteiger partial charge in [0, 0.05) is 24.3 Å². The van der Waals surface area contributed by atoms with Gasteiger partial charge in [-0.1, -0.05) is 23.2 Å². The molecule has 0 unspecified atom stereocenters. The van der Waals surface area contributed by atoms with E-state index in [-0.39, 0.29) is 27.3 Å². The highest BCUT2D eigenvalue weighted by atomic mass is 35.5. The Kier molecular flexibility index (Phi) is 4.73. The van der Waals surface area contributed by atoms with Crippen molar-refractivity contribution in [3.05, 3.63) is 46.3 Å². The first-order chi connectivity index (χ1) is 11.9. The summed E-state index contributed by atoms with van der Waals surface area (Å²) in [6.45, 7) is -3.04. The van der Waals surface area contributed by atoms with E-state index in [1.165, 1.54) is 42.2 Å². The molecule has 0 bridgehead atoms. The average Bonchev–Trinajstić information content (AvgIpc) is 2.94. The second kappa shape index (κ2) is 6.81. The topological polar surface area (TPSA) is 69.0 Å². The van der Waals surface area contributed by atoms with Crippen molar-refractivity contribution in [1.82, 2.24) is 20.1 Å². The maximum atomic E-state index is 12.7. The number of fused-ring (bicyclic) bond motifs is 1. The number of ether oxygens (including phenoxy) is 1. The van der Waals surface area contributed by atoms with Gasteiger partial charge in [0.1, 0.15) is 10.8 Å². The van der Waals surface area contributed by atoms with E-state index in [4.69, 9.17) is 23.2 Å². The van der Waals surface area contributed by atoms with E-state index < -0.39 is 12.5 Å². The molecular weight excluding hydrogens is 377 g/mol. The molecule has 2 heterocycles. The molecule has 0 aliphatic rings. The second-order valence-electron chi connectivity index (χ2n) is 4.85. The van der Waals surface area contributed by atoms with Crippen molar-refractivity contribution in [2.45, 2.75) is 6.61 Å². The maximum Gasteiger partial charge on any atom is 0.387 e. The number of amides is 1. The molecule has 0 spiro atoms. The van der Waals surface area contributed by atoms with Crippen LogP contribution in [0.4, 0.5) is 8.78 Å². The number of hydrogen-bond donors (Lipinski definition) is 1. The fourth-order valence-electron chi connectivity index (χ4n) is 2.31. The van der Waals surface area contributed by atoms with Crippen LogP contribution in [-0.2, 0) is 0 Å². The molecule has 3 aromatic rings. The van der Waals surface area contributed by atoms with Crippen LogP contribution in [0.1, 0.15) is 10.5 Å². The molecule has 1 N–H and O–H groups in total. The van der Waals surface area contributed by atoms with Gasteiger partial charge in [-0.15, -0.1) is 0 Å². The number of nitrogens with zero attached hydrogens (tertiary/aromatic N) is 3. The summed E-state index contributed by atoms with van der Waals surface area (Å²) in [5.41, 5.74) is 0.583. The van der Waals surface area contributed by atoms with Crippen molar-refractivity contribution in [2.75, 3.05) is 7.05 Å². The van der Waals surface area contributed by atoms with Crippen LogP contribution in [0, 0.1) is 0 Å². The van der Waals surface area contributed by atoms with Crippen LogP contribution in [0.2, 0.25) is 10.2 Å². The summed E-state index contributed by atoms with van der Waals surface area (Å²) in [6, 6.07) is 5.55. The van der Waals surface area contributed by atoms with Crippen LogP contribution in [0.5, 0.6) is 5.75 Å². The Morgan fingerprint density at radius 1 is 1.32 bits per heavy atom. The van der Waals surface area contributed by atoms with Gasteiger partial charge in [-0.2, -0.15) is 13.9 Å². The second-order valence-corrected chi connectivity index (χ2v) is 5.68. The van der Waals surface area contributed by atoms with E-state index >= 15 is 0 Å². The van der Waals surface area contributed by atoms with Crippen LogP contribution in [0.25, 0.3) is 16.6 Å². The number of hydrogen-bond acceptors (Lipinski definition) is 4. The smallest absolute Gasteiger partial charge is 0.387 e. The molecule has 2 aromatic heterocycles. The summed E-state index contributed by atoms with van der Waals surface area (Å²) in [5.74, 6) is -0.619. The fraction of sp³-hybridized carbons (Fsp3) is 0.133. The van der Waals surface area contributed by atoms with Crippen LogP contribution in [-0.4, -0.2) is 34.3 Å². The van der Waals surface area contributed by atoms with Gasteiger partial charge in [0.2, 0.25) is 0 Å². The van der Waals surface area contributed by atoms with Crippen molar-refractivity contribution in [1.29, 1.82) is 0 Å². The number of rotatable bonds is 4. The first-order valence-corrected chi connectivity index (χ1v) is 7.67. The van der Waals surface area contributed by atoms with Gasteiger partial charge < -0.3 is 10.1 Å². The highest BCUT2D eigenvalue weighted by Gasteiger charge is 2.21. The minimum atomic E-state index is -3.04. The number of carbonyl (C=O) groups excluding carboxylic acids is 1. The molecule has 25 heavy (non-hydrogen) atoms. The summed E-state index contributed by atoms with van der Waals surface area (Å²) in [5, 5.41) is 7.48. The molecule has 1 amide bonds. The third-order valence-corrected chi connectivity index (χ3v) is 3.78. The minimum absolute atomic E-state index is 0.0599. The van der Waals surface area contributed by atoms with Gasteiger partial charge in [-0.3, -0.25) is 4.79 Å². The Bertz CT molecular complexity index is 962. The third-order valence-electron chi connectivity index (χ3n) is 3.34. The Hall–Kier alpha value is -2.45. The lowest BCUT2D eigenvalue weighted by Crippen LogP contribution is -2.19. The lowest BCUT2D eigenvalue weighted by atomic mass is 10.2. The molecule has 1 aromatic carbocycles. The van der Waals surface area contributed by atoms with Crippen LogP contribution < -0.4 is 10.1 Å². The molecule has 0 aliphatic carbocycles. The van der Waals surface area contributed by atoms with Gasteiger partial charge in [0.05, 0.1) is 10.9 Å². The predicted molar refractivity (Wildman–Crippen MR) is 88.9 cm³/mol. The van der Waals surface area contributed by atoms with Crippen LogP contribution in [0.3, 0.4) is 0 Å². The highest BCUT2D eigenvalue weighted by Crippen LogP contribution is 2.32. The van der Waals surface area contributed by atoms with E-state index in [0.29, 0.717) is 10.9 Å². The summed E-state index contributed by atoms with van der Waals surface area (Å²) in [7, 11) is 1.45. The molecule has 0 saturated heterocycles. The number of benzene rings is 1. The van der Waals surface area contributed by atoms with Crippen molar-refractivity contribution in [2.24, 2.45) is 0 Å². The zero-order chi connectivity index (χ0) is 18.1. The predicted octanol–water partition coefficient (Wildman–Crippen LogP) is 3.69. The monoisotopic (exact) mass is 386 g/mol. The maximum absolute atomic E-state index is 12.7. The normalized spacial score (nSPS) is 11.1. The molecule has 0 atom stereocenters. The Morgan fingerprint density at radius 3 is 2.76 bits per heavy atom. The highest BCUT2D eigenvalue weighted by molar-refractivity contribution is 6.31. The van der Waals surface area contributed by atoms with Gasteiger partial charge in [0.15, 0.2) is 11.4 Å². The quantitative estimate of drug-likeness (QED) is 0.694. The van der Waals surface area contributed by atoms with Crippen molar-refractivity contribution in [3.63, 3.8) is 0 Å². The van der Waals surface area contributed by atoms with Gasteiger partial charge in [-0.05, 0) is 18.2 Å². The van der Waals surface area contributed by atoms with Crippen LogP contribution in [0.15, 0.2) is 30.5 Å². The molecule has 0 fully saturated rings. The zero-order valence-corrected chi connectivity index (χ0v) is 14.1. The van der Waals surface area contributed by atoms with E-state index in [0.717, 1.165) is 0 Å². The summed E-state index contributed by atoms with van der Waals surface area (Å²) >= 11 is 11.9. The standard InChI is InChI=1S/C15H10Cl2F2N4O2/c1-20-14(24)13-8-6-21-12(17)5-9(8)23(22-13)10-4-7(16)2-3-11(10)25-15(18)19/h2-6,15H,1H3,(H,20,24). The summed E-state index contributed by atoms with van der Waals surface area (Å²) in [4.78, 5) is 16.0. The summed E-state index contributed by atoms with van der Waals surface area (Å²) in [6.07, 6.45) is 1.38. The average molecular weight is 387 g/mol. The fourth-order valence-corrected chi connectivity index (χ4v) is 2.63. The zero-order valence-electron chi connectivity index (χ0n) is 12.6. The number of alkyl halides is 2. The first-order valence-electron chi connectivity index (χ1n) is 6.92. The van der Waals surface area contributed by atoms with E-state index in [1.54, 1.807) is 0 Å². The number of aromatic nitrogens is 3. The molecule has 10 heteroatoms. The number of halogens is 4. The molecule has 0 radical (unpaired) electrons. The number of nitrogens with one attached hydrogen (secondary N) is 1. The summed E-state index contributed by atoms with van der Waals surface area (Å²) < 4.78 is 31.2. The number of carbonyl (C=O) groups is 1. The van der Waals surface area contributed by atoms with E-state index in [2.05, 4.69) is 20.1 Å². The molecule has 0 aliphatic heterocycles.